The molecule has 2 N–H and O–H groups in total. The van der Waals surface area contributed by atoms with E-state index in [0.717, 1.165) is 24.5 Å². The summed E-state index contributed by atoms with van der Waals surface area (Å²) in [5.74, 6) is 3.29. The molecule has 4 heteroatoms. The fraction of sp³-hybridized carbons (Fsp3) is 0.500. The Labute approximate surface area is 101 Å². The van der Waals surface area contributed by atoms with Gasteiger partial charge in [-0.1, -0.05) is 0 Å². The van der Waals surface area contributed by atoms with Crippen molar-refractivity contribution in [1.82, 2.24) is 0 Å². The van der Waals surface area contributed by atoms with Gasteiger partial charge in [-0.3, -0.25) is 0 Å². The molecule has 1 aromatic carbocycles. The molecule has 0 atom stereocenters. The third-order valence-corrected chi connectivity index (χ3v) is 3.79. The minimum Gasteiger partial charge on any atom is -0.497 e. The van der Waals surface area contributed by atoms with Crippen LogP contribution < -0.4 is 15.4 Å². The molecule has 0 aromatic heterocycles. The predicted molar refractivity (Wildman–Crippen MR) is 71.6 cm³/mol. The first-order chi connectivity index (χ1) is 7.79. The van der Waals surface area contributed by atoms with Crippen LogP contribution in [0.1, 0.15) is 6.42 Å². The summed E-state index contributed by atoms with van der Waals surface area (Å²) < 4.78 is 5.25. The van der Waals surface area contributed by atoms with Gasteiger partial charge in [0.2, 0.25) is 0 Å². The second kappa shape index (κ2) is 5.34. The van der Waals surface area contributed by atoms with Crippen molar-refractivity contribution in [3.8, 4) is 5.75 Å². The Bertz CT molecular complexity index is 349. The summed E-state index contributed by atoms with van der Waals surface area (Å²) >= 11 is 2.02. The van der Waals surface area contributed by atoms with Gasteiger partial charge in [-0.15, -0.1) is 0 Å². The van der Waals surface area contributed by atoms with E-state index >= 15 is 0 Å². The zero-order valence-corrected chi connectivity index (χ0v) is 10.4. The van der Waals surface area contributed by atoms with E-state index in [1.54, 1.807) is 7.11 Å². The molecule has 0 unspecified atom stereocenters. The number of anilines is 2. The molecular weight excluding hydrogens is 220 g/mol. The van der Waals surface area contributed by atoms with Crippen molar-refractivity contribution >= 4 is 23.1 Å². The summed E-state index contributed by atoms with van der Waals surface area (Å²) in [7, 11) is 1.68. The molecule has 1 fully saturated rings. The summed E-state index contributed by atoms with van der Waals surface area (Å²) in [6.07, 6.45) is 1.24. The Morgan fingerprint density at radius 1 is 1.25 bits per heavy atom. The lowest BCUT2D eigenvalue weighted by atomic mass is 10.2. The van der Waals surface area contributed by atoms with Crippen LogP contribution in [0.5, 0.6) is 5.75 Å². The molecule has 0 spiro atoms. The molecule has 1 aliphatic rings. The second-order valence-electron chi connectivity index (χ2n) is 3.92. The van der Waals surface area contributed by atoms with Crippen molar-refractivity contribution in [1.29, 1.82) is 0 Å². The van der Waals surface area contributed by atoms with E-state index in [1.807, 2.05) is 23.9 Å². The fourth-order valence-corrected chi connectivity index (χ4v) is 2.80. The van der Waals surface area contributed by atoms with Crippen LogP contribution in [-0.2, 0) is 0 Å². The Balaban J connectivity index is 2.20. The summed E-state index contributed by atoms with van der Waals surface area (Å²) in [5.41, 5.74) is 7.82. The van der Waals surface area contributed by atoms with E-state index in [4.69, 9.17) is 10.5 Å². The number of nitrogens with zero attached hydrogens (tertiary/aromatic N) is 1. The number of methoxy groups -OCH3 is 1. The monoisotopic (exact) mass is 238 g/mol. The lowest BCUT2D eigenvalue weighted by molar-refractivity contribution is 0.415. The number of hydrogen-bond acceptors (Lipinski definition) is 4. The molecule has 1 saturated heterocycles. The first-order valence-corrected chi connectivity index (χ1v) is 6.72. The number of ether oxygens (including phenoxy) is 1. The van der Waals surface area contributed by atoms with Gasteiger partial charge in [-0.05, 0) is 18.2 Å². The van der Waals surface area contributed by atoms with Crippen molar-refractivity contribution < 1.29 is 4.74 Å². The van der Waals surface area contributed by atoms with Gasteiger partial charge in [0, 0.05) is 42.3 Å². The van der Waals surface area contributed by atoms with Gasteiger partial charge in [0.1, 0.15) is 5.75 Å². The second-order valence-corrected chi connectivity index (χ2v) is 5.14. The van der Waals surface area contributed by atoms with Crippen molar-refractivity contribution in [2.45, 2.75) is 6.42 Å². The minimum absolute atomic E-state index is 0.770. The lowest BCUT2D eigenvalue weighted by Gasteiger charge is -2.23. The molecule has 0 amide bonds. The zero-order chi connectivity index (χ0) is 11.4. The highest BCUT2D eigenvalue weighted by Crippen LogP contribution is 2.26. The number of rotatable bonds is 2. The van der Waals surface area contributed by atoms with Crippen molar-refractivity contribution in [3.63, 3.8) is 0 Å². The highest BCUT2D eigenvalue weighted by Gasteiger charge is 2.11. The summed E-state index contributed by atoms with van der Waals surface area (Å²) in [5, 5.41) is 0. The molecule has 2 rings (SSSR count). The topological polar surface area (TPSA) is 38.5 Å². The molecule has 1 aliphatic heterocycles. The highest BCUT2D eigenvalue weighted by atomic mass is 32.2. The van der Waals surface area contributed by atoms with E-state index in [2.05, 4.69) is 11.0 Å². The Hall–Kier alpha value is -1.03. The maximum absolute atomic E-state index is 5.87. The molecule has 0 radical (unpaired) electrons. The van der Waals surface area contributed by atoms with E-state index in [1.165, 1.54) is 23.6 Å². The number of benzene rings is 1. The number of thioether (sulfide) groups is 1. The summed E-state index contributed by atoms with van der Waals surface area (Å²) in [6.45, 7) is 2.21. The molecule has 3 nitrogen and oxygen atoms in total. The van der Waals surface area contributed by atoms with Gasteiger partial charge in [0.15, 0.2) is 0 Å². The van der Waals surface area contributed by atoms with Crippen LogP contribution in [0.4, 0.5) is 11.4 Å². The minimum atomic E-state index is 0.770. The maximum atomic E-state index is 5.87. The summed E-state index contributed by atoms with van der Waals surface area (Å²) in [6, 6.07) is 5.95. The Morgan fingerprint density at radius 2 is 2.12 bits per heavy atom. The zero-order valence-electron chi connectivity index (χ0n) is 9.61. The molecule has 0 saturated carbocycles. The average molecular weight is 238 g/mol. The molecule has 1 aromatic rings. The lowest BCUT2D eigenvalue weighted by Crippen LogP contribution is -2.25. The molecule has 88 valence electrons. The molecule has 16 heavy (non-hydrogen) atoms. The Morgan fingerprint density at radius 3 is 2.94 bits per heavy atom. The van der Waals surface area contributed by atoms with E-state index < -0.39 is 0 Å². The molecule has 0 aliphatic carbocycles. The number of nitrogens with two attached hydrogens (primary N) is 1. The van der Waals surface area contributed by atoms with E-state index in [0.29, 0.717) is 0 Å². The van der Waals surface area contributed by atoms with Crippen LogP contribution >= 0.6 is 11.8 Å². The van der Waals surface area contributed by atoms with Crippen molar-refractivity contribution in [2.75, 3.05) is 42.3 Å². The smallest absolute Gasteiger partial charge is 0.122 e. The van der Waals surface area contributed by atoms with Gasteiger partial charge in [-0.2, -0.15) is 11.8 Å². The first-order valence-electron chi connectivity index (χ1n) is 5.57. The normalized spacial score (nSPS) is 16.9. The molecule has 1 heterocycles. The van der Waals surface area contributed by atoms with Gasteiger partial charge >= 0.3 is 0 Å². The largest absolute Gasteiger partial charge is 0.497 e. The molecular formula is C12H18N2OS. The van der Waals surface area contributed by atoms with E-state index in [-0.39, 0.29) is 0 Å². The van der Waals surface area contributed by atoms with Gasteiger partial charge < -0.3 is 15.4 Å². The average Bonchev–Trinajstić information content (AvgIpc) is 2.56. The fourth-order valence-electron chi connectivity index (χ4n) is 1.91. The van der Waals surface area contributed by atoms with Crippen LogP contribution in [0.25, 0.3) is 0 Å². The van der Waals surface area contributed by atoms with Crippen LogP contribution in [0, 0.1) is 0 Å². The van der Waals surface area contributed by atoms with Crippen LogP contribution in [0.3, 0.4) is 0 Å². The van der Waals surface area contributed by atoms with Crippen molar-refractivity contribution in [2.24, 2.45) is 0 Å². The third kappa shape index (κ3) is 2.76. The van der Waals surface area contributed by atoms with Crippen LogP contribution in [-0.4, -0.2) is 31.7 Å². The third-order valence-electron chi connectivity index (χ3n) is 2.74. The van der Waals surface area contributed by atoms with Crippen molar-refractivity contribution in [3.05, 3.63) is 18.2 Å². The standard InChI is InChI=1S/C12H18N2OS/c1-15-12-8-10(13)7-11(9-12)14-3-2-5-16-6-4-14/h7-9H,2-6,13H2,1H3. The Kier molecular flexibility index (Phi) is 3.83. The van der Waals surface area contributed by atoms with Gasteiger partial charge in [-0.25, -0.2) is 0 Å². The van der Waals surface area contributed by atoms with Crippen LogP contribution in [0.2, 0.25) is 0 Å². The van der Waals surface area contributed by atoms with Gasteiger partial charge in [0.25, 0.3) is 0 Å². The van der Waals surface area contributed by atoms with Crippen LogP contribution in [0.15, 0.2) is 18.2 Å². The predicted octanol–water partition coefficient (Wildman–Crippen LogP) is 2.22. The summed E-state index contributed by atoms with van der Waals surface area (Å²) in [4.78, 5) is 2.39. The molecule has 0 bridgehead atoms. The SMILES string of the molecule is COc1cc(N)cc(N2CCCSCC2)c1. The van der Waals surface area contributed by atoms with Gasteiger partial charge in [0.05, 0.1) is 7.11 Å². The quantitative estimate of drug-likeness (QED) is 0.802. The van der Waals surface area contributed by atoms with E-state index in [9.17, 15) is 0 Å². The highest BCUT2D eigenvalue weighted by molar-refractivity contribution is 7.99. The number of nitrogen functional groups attached to an aromatic ring is 1. The number of hydrogen-bond donors (Lipinski definition) is 1. The first kappa shape index (κ1) is 11.5. The maximum Gasteiger partial charge on any atom is 0.122 e.